The molecule has 25 heavy (non-hydrogen) atoms. The Labute approximate surface area is 152 Å². The van der Waals surface area contributed by atoms with Crippen LogP contribution in [0.2, 0.25) is 0 Å². The van der Waals surface area contributed by atoms with Gasteiger partial charge in [-0.05, 0) is 42.8 Å². The quantitative estimate of drug-likeness (QED) is 0.688. The molecule has 2 aromatic rings. The molecular formula is C17H21N3O3S2. The van der Waals surface area contributed by atoms with Crippen LogP contribution in [0.1, 0.15) is 30.1 Å². The first-order valence-corrected chi connectivity index (χ1v) is 10.6. The second kappa shape index (κ2) is 8.87. The first kappa shape index (κ1) is 19.3. The van der Waals surface area contributed by atoms with E-state index in [9.17, 15) is 13.2 Å². The van der Waals surface area contributed by atoms with Gasteiger partial charge in [0.05, 0.1) is 11.8 Å². The van der Waals surface area contributed by atoms with Gasteiger partial charge in [-0.15, -0.1) is 0 Å². The van der Waals surface area contributed by atoms with Gasteiger partial charge >= 0.3 is 0 Å². The molecule has 0 aliphatic heterocycles. The van der Waals surface area contributed by atoms with Crippen molar-refractivity contribution in [3.63, 3.8) is 0 Å². The normalized spacial score (nSPS) is 11.1. The molecule has 6 nitrogen and oxygen atoms in total. The summed E-state index contributed by atoms with van der Waals surface area (Å²) in [4.78, 5) is 17.1. The average molecular weight is 380 g/mol. The van der Waals surface area contributed by atoms with Gasteiger partial charge in [-0.2, -0.15) is 0 Å². The molecule has 2 N–H and O–H groups in total. The van der Waals surface area contributed by atoms with E-state index in [2.05, 4.69) is 21.9 Å². The first-order valence-electron chi connectivity index (χ1n) is 7.87. The number of amides is 1. The first-order chi connectivity index (χ1) is 11.9. The molecular weight excluding hydrogens is 358 g/mol. The summed E-state index contributed by atoms with van der Waals surface area (Å²) >= 11 is 1.44. The number of anilines is 1. The van der Waals surface area contributed by atoms with Crippen molar-refractivity contribution < 1.29 is 13.2 Å². The third kappa shape index (κ3) is 6.75. The highest BCUT2D eigenvalue weighted by Gasteiger charge is 2.07. The van der Waals surface area contributed by atoms with Gasteiger partial charge in [-0.3, -0.25) is 9.52 Å². The summed E-state index contributed by atoms with van der Waals surface area (Å²) < 4.78 is 24.8. The fraction of sp³-hybridized carbons (Fsp3) is 0.294. The molecule has 0 fully saturated rings. The Bertz CT molecular complexity index is 804. The standard InChI is InChI=1S/C17H21N3O3S2/c1-3-4-11-18-17(21)13-5-10-16(19-12-13)24-15-8-6-14(7-9-15)20-25(2,22)23/h5-10,12,20H,3-4,11H2,1-2H3,(H,18,21). The zero-order valence-corrected chi connectivity index (χ0v) is 15.8. The smallest absolute Gasteiger partial charge is 0.252 e. The Balaban J connectivity index is 1.95. The lowest BCUT2D eigenvalue weighted by Crippen LogP contribution is -2.24. The lowest BCUT2D eigenvalue weighted by atomic mass is 10.2. The summed E-state index contributed by atoms with van der Waals surface area (Å²) in [5.74, 6) is -0.117. The molecule has 0 saturated carbocycles. The Morgan fingerprint density at radius 3 is 2.44 bits per heavy atom. The number of hydrogen-bond acceptors (Lipinski definition) is 5. The van der Waals surface area contributed by atoms with Gasteiger partial charge in [-0.25, -0.2) is 13.4 Å². The highest BCUT2D eigenvalue weighted by atomic mass is 32.2. The van der Waals surface area contributed by atoms with Gasteiger partial charge in [-0.1, -0.05) is 25.1 Å². The zero-order valence-electron chi connectivity index (χ0n) is 14.2. The minimum Gasteiger partial charge on any atom is -0.352 e. The number of carbonyl (C=O) groups excluding carboxylic acids is 1. The van der Waals surface area contributed by atoms with Crippen LogP contribution in [0.4, 0.5) is 5.69 Å². The molecule has 1 heterocycles. The van der Waals surface area contributed by atoms with E-state index in [0.29, 0.717) is 17.8 Å². The molecule has 0 spiro atoms. The Kier molecular flexibility index (Phi) is 6.83. The molecule has 0 unspecified atom stereocenters. The van der Waals surface area contributed by atoms with Crippen molar-refractivity contribution in [2.45, 2.75) is 29.7 Å². The number of unbranched alkanes of at least 4 members (excludes halogenated alkanes) is 1. The molecule has 1 aromatic heterocycles. The van der Waals surface area contributed by atoms with Gasteiger partial charge in [0.2, 0.25) is 10.0 Å². The summed E-state index contributed by atoms with van der Waals surface area (Å²) in [5.41, 5.74) is 1.05. The van der Waals surface area contributed by atoms with Crippen molar-refractivity contribution >= 4 is 33.4 Å². The van der Waals surface area contributed by atoms with E-state index in [1.165, 1.54) is 11.8 Å². The maximum absolute atomic E-state index is 11.9. The third-order valence-corrected chi connectivity index (χ3v) is 4.76. The van der Waals surface area contributed by atoms with E-state index >= 15 is 0 Å². The minimum atomic E-state index is -3.28. The number of sulfonamides is 1. The number of aromatic nitrogens is 1. The number of benzene rings is 1. The van der Waals surface area contributed by atoms with E-state index in [-0.39, 0.29) is 5.91 Å². The largest absolute Gasteiger partial charge is 0.352 e. The lowest BCUT2D eigenvalue weighted by Gasteiger charge is -2.06. The maximum atomic E-state index is 11.9. The van der Waals surface area contributed by atoms with Crippen LogP contribution in [-0.4, -0.2) is 32.1 Å². The number of rotatable bonds is 8. The Morgan fingerprint density at radius 2 is 1.88 bits per heavy atom. The molecule has 8 heteroatoms. The predicted octanol–water partition coefficient (Wildman–Crippen LogP) is 3.13. The molecule has 1 aromatic carbocycles. The van der Waals surface area contributed by atoms with E-state index in [4.69, 9.17) is 0 Å². The van der Waals surface area contributed by atoms with E-state index in [1.54, 1.807) is 30.5 Å². The molecule has 0 aliphatic rings. The highest BCUT2D eigenvalue weighted by Crippen LogP contribution is 2.27. The lowest BCUT2D eigenvalue weighted by molar-refractivity contribution is 0.0952. The second-order valence-corrected chi connectivity index (χ2v) is 8.34. The summed E-state index contributed by atoms with van der Waals surface area (Å²) in [6, 6.07) is 10.5. The van der Waals surface area contributed by atoms with Gasteiger partial charge < -0.3 is 5.32 Å². The second-order valence-electron chi connectivity index (χ2n) is 5.50. The highest BCUT2D eigenvalue weighted by molar-refractivity contribution is 7.99. The molecule has 1 amide bonds. The van der Waals surface area contributed by atoms with Crippen molar-refractivity contribution in [1.82, 2.24) is 10.3 Å². The fourth-order valence-corrected chi connectivity index (χ4v) is 3.30. The van der Waals surface area contributed by atoms with Gasteiger partial charge in [0, 0.05) is 23.3 Å². The third-order valence-electron chi connectivity index (χ3n) is 3.19. The van der Waals surface area contributed by atoms with Crippen molar-refractivity contribution in [3.05, 3.63) is 48.2 Å². The average Bonchev–Trinajstić information content (AvgIpc) is 2.56. The molecule has 0 radical (unpaired) electrons. The van der Waals surface area contributed by atoms with Crippen molar-refractivity contribution in [1.29, 1.82) is 0 Å². The van der Waals surface area contributed by atoms with Gasteiger partial charge in [0.15, 0.2) is 0 Å². The molecule has 0 atom stereocenters. The SMILES string of the molecule is CCCCNC(=O)c1ccc(Sc2ccc(NS(C)(=O)=O)cc2)nc1. The molecule has 0 bridgehead atoms. The molecule has 0 saturated heterocycles. The summed E-state index contributed by atoms with van der Waals surface area (Å²) in [6.45, 7) is 2.74. The van der Waals surface area contributed by atoms with E-state index in [0.717, 1.165) is 29.0 Å². The Morgan fingerprint density at radius 1 is 1.16 bits per heavy atom. The van der Waals surface area contributed by atoms with Crippen LogP contribution in [-0.2, 0) is 10.0 Å². The monoisotopic (exact) mass is 379 g/mol. The molecule has 2 rings (SSSR count). The molecule has 0 aliphatic carbocycles. The number of nitrogens with zero attached hydrogens (tertiary/aromatic N) is 1. The van der Waals surface area contributed by atoms with Crippen molar-refractivity contribution in [3.8, 4) is 0 Å². The summed E-state index contributed by atoms with van der Waals surface area (Å²) in [6.07, 6.45) is 4.66. The van der Waals surface area contributed by atoms with Crippen LogP contribution in [0.25, 0.3) is 0 Å². The Hall–Kier alpha value is -2.06. The van der Waals surface area contributed by atoms with Crippen molar-refractivity contribution in [2.24, 2.45) is 0 Å². The van der Waals surface area contributed by atoms with Crippen LogP contribution in [0.3, 0.4) is 0 Å². The summed E-state index contributed by atoms with van der Waals surface area (Å²) in [5, 5.41) is 3.61. The maximum Gasteiger partial charge on any atom is 0.252 e. The van der Waals surface area contributed by atoms with Crippen LogP contribution >= 0.6 is 11.8 Å². The number of carbonyl (C=O) groups is 1. The fourth-order valence-electron chi connectivity index (χ4n) is 1.98. The van der Waals surface area contributed by atoms with Gasteiger partial charge in [0.1, 0.15) is 5.03 Å². The van der Waals surface area contributed by atoms with E-state index in [1.807, 2.05) is 12.1 Å². The van der Waals surface area contributed by atoms with Crippen LogP contribution in [0, 0.1) is 0 Å². The van der Waals surface area contributed by atoms with E-state index < -0.39 is 10.0 Å². The topological polar surface area (TPSA) is 88.2 Å². The van der Waals surface area contributed by atoms with Gasteiger partial charge in [0.25, 0.3) is 5.91 Å². The van der Waals surface area contributed by atoms with Crippen LogP contribution in [0.15, 0.2) is 52.5 Å². The number of nitrogens with one attached hydrogen (secondary N) is 2. The summed E-state index contributed by atoms with van der Waals surface area (Å²) in [7, 11) is -3.28. The zero-order chi connectivity index (χ0) is 18.3. The van der Waals surface area contributed by atoms with Crippen LogP contribution in [0.5, 0.6) is 0 Å². The predicted molar refractivity (Wildman–Crippen MR) is 101 cm³/mol. The molecule has 134 valence electrons. The van der Waals surface area contributed by atoms with Crippen molar-refractivity contribution in [2.75, 3.05) is 17.5 Å². The minimum absolute atomic E-state index is 0.117. The van der Waals surface area contributed by atoms with Crippen LogP contribution < -0.4 is 10.0 Å². The number of hydrogen-bond donors (Lipinski definition) is 2. The number of pyridine rings is 1.